The average molecular weight is 637 g/mol. The Hall–Kier alpha value is -4.82. The minimum atomic E-state index is -4.54. The number of carbonyl (C=O) groups is 2. The van der Waals surface area contributed by atoms with Gasteiger partial charge in [-0.05, 0) is 60.4 Å². The van der Waals surface area contributed by atoms with E-state index in [0.29, 0.717) is 66.5 Å². The summed E-state index contributed by atoms with van der Waals surface area (Å²) in [4.78, 5) is 33.0. The summed E-state index contributed by atoms with van der Waals surface area (Å²) in [6.45, 7) is 4.23. The van der Waals surface area contributed by atoms with Gasteiger partial charge in [0.15, 0.2) is 0 Å². The molecule has 1 saturated heterocycles. The van der Waals surface area contributed by atoms with Gasteiger partial charge in [0, 0.05) is 50.8 Å². The van der Waals surface area contributed by atoms with Crippen LogP contribution in [0.5, 0.6) is 0 Å². The zero-order valence-electron chi connectivity index (χ0n) is 25.2. The van der Waals surface area contributed by atoms with Crippen LogP contribution in [0.1, 0.15) is 29.7 Å². The van der Waals surface area contributed by atoms with Gasteiger partial charge < -0.3 is 31.4 Å². The quantitative estimate of drug-likeness (QED) is 0.164. The van der Waals surface area contributed by atoms with E-state index in [1.165, 1.54) is 12.1 Å². The number of halogens is 3. The number of rotatable bonds is 11. The van der Waals surface area contributed by atoms with Gasteiger partial charge in [-0.25, -0.2) is 9.78 Å². The van der Waals surface area contributed by atoms with Gasteiger partial charge in [-0.1, -0.05) is 18.2 Å². The Kier molecular flexibility index (Phi) is 9.68. The topological polar surface area (TPSA) is 155 Å². The second-order valence-corrected chi connectivity index (χ2v) is 11.1. The maximum absolute atomic E-state index is 13.4. The molecule has 242 valence electrons. The van der Waals surface area contributed by atoms with Gasteiger partial charge in [-0.2, -0.15) is 13.2 Å². The zero-order valence-corrected chi connectivity index (χ0v) is 25.2. The molecule has 3 aromatic rings. The van der Waals surface area contributed by atoms with Gasteiger partial charge in [0.2, 0.25) is 5.91 Å². The van der Waals surface area contributed by atoms with Crippen molar-refractivity contribution < 1.29 is 27.5 Å². The molecular formula is C32H35F3N8O3. The van der Waals surface area contributed by atoms with Crippen molar-refractivity contribution in [1.29, 1.82) is 10.8 Å². The van der Waals surface area contributed by atoms with Gasteiger partial charge in [-0.3, -0.25) is 15.1 Å². The fraction of sp³-hybridized carbons (Fsp3) is 0.344. The molecule has 1 aliphatic heterocycles. The first kappa shape index (κ1) is 32.6. The van der Waals surface area contributed by atoms with E-state index < -0.39 is 23.2 Å². The Morgan fingerprint density at radius 1 is 1.04 bits per heavy atom. The number of anilines is 3. The molecule has 0 atom stereocenters. The summed E-state index contributed by atoms with van der Waals surface area (Å²) in [5, 5.41) is 27.3. The molecule has 5 rings (SSSR count). The monoisotopic (exact) mass is 636 g/mol. The van der Waals surface area contributed by atoms with Crippen LogP contribution in [-0.2, 0) is 21.1 Å². The minimum absolute atomic E-state index is 0.0122. The number of morpholine rings is 1. The molecule has 2 heterocycles. The maximum atomic E-state index is 13.4. The van der Waals surface area contributed by atoms with E-state index in [0.717, 1.165) is 38.0 Å². The number of hydrogen-bond donors (Lipinski definition) is 6. The molecule has 14 heteroatoms. The number of amides is 3. The van der Waals surface area contributed by atoms with E-state index in [1.54, 1.807) is 37.4 Å². The first-order valence-corrected chi connectivity index (χ1v) is 14.8. The molecule has 46 heavy (non-hydrogen) atoms. The predicted octanol–water partition coefficient (Wildman–Crippen LogP) is 4.95. The Balaban J connectivity index is 1.35. The molecule has 2 aliphatic rings. The highest BCUT2D eigenvalue weighted by Gasteiger charge is 2.53. The van der Waals surface area contributed by atoms with Crippen LogP contribution in [0.25, 0.3) is 11.1 Å². The number of aromatic nitrogens is 1. The second kappa shape index (κ2) is 13.7. The van der Waals surface area contributed by atoms with Gasteiger partial charge in [0.05, 0.1) is 41.2 Å². The predicted molar refractivity (Wildman–Crippen MR) is 170 cm³/mol. The molecule has 3 amide bonds. The molecule has 0 radical (unpaired) electrons. The van der Waals surface area contributed by atoms with E-state index in [9.17, 15) is 22.8 Å². The summed E-state index contributed by atoms with van der Waals surface area (Å²) < 4.78 is 44.5. The summed E-state index contributed by atoms with van der Waals surface area (Å²) in [7, 11) is 1.66. The third kappa shape index (κ3) is 7.35. The van der Waals surface area contributed by atoms with E-state index in [4.69, 9.17) is 20.5 Å². The summed E-state index contributed by atoms with van der Waals surface area (Å²) in [5.41, 5.74) is 0.759. The highest BCUT2D eigenvalue weighted by atomic mass is 19.4. The molecule has 1 aliphatic carbocycles. The number of alkyl halides is 3. The molecular weight excluding hydrogens is 601 g/mol. The molecule has 0 unspecified atom stereocenters. The molecule has 0 spiro atoms. The largest absolute Gasteiger partial charge is 0.416 e. The molecule has 0 bridgehead atoms. The Morgan fingerprint density at radius 2 is 1.74 bits per heavy atom. The van der Waals surface area contributed by atoms with Crippen molar-refractivity contribution in [3.63, 3.8) is 0 Å². The second-order valence-electron chi connectivity index (χ2n) is 11.1. The van der Waals surface area contributed by atoms with Crippen molar-refractivity contribution in [3.8, 4) is 11.1 Å². The molecule has 1 aromatic heterocycles. The maximum Gasteiger partial charge on any atom is 0.416 e. The van der Waals surface area contributed by atoms with Crippen LogP contribution < -0.4 is 21.3 Å². The molecule has 6 N–H and O–H groups in total. The molecule has 2 fully saturated rings. The summed E-state index contributed by atoms with van der Waals surface area (Å²) >= 11 is 0. The lowest BCUT2D eigenvalue weighted by Crippen LogP contribution is -2.43. The first-order valence-electron chi connectivity index (χ1n) is 14.8. The fourth-order valence-electron chi connectivity index (χ4n) is 5.39. The van der Waals surface area contributed by atoms with Crippen LogP contribution in [0.2, 0.25) is 0 Å². The lowest BCUT2D eigenvalue weighted by Gasteiger charge is -2.27. The normalized spacial score (nSPS) is 15.8. The van der Waals surface area contributed by atoms with Crippen molar-refractivity contribution >= 4 is 41.1 Å². The number of hydrogen-bond acceptors (Lipinski definition) is 8. The van der Waals surface area contributed by atoms with Crippen molar-refractivity contribution in [3.05, 3.63) is 71.4 Å². The molecule has 2 aromatic carbocycles. The number of carbonyl (C=O) groups excluding carboxylic acids is 2. The van der Waals surface area contributed by atoms with Gasteiger partial charge in [0.25, 0.3) is 0 Å². The van der Waals surface area contributed by atoms with Crippen molar-refractivity contribution in [2.24, 2.45) is 0 Å². The third-order valence-electron chi connectivity index (χ3n) is 8.06. The minimum Gasteiger partial charge on any atom is -0.379 e. The summed E-state index contributed by atoms with van der Waals surface area (Å²) in [6.07, 6.45) is -2.38. The third-order valence-corrected chi connectivity index (χ3v) is 8.06. The zero-order chi connectivity index (χ0) is 32.9. The Labute approximate surface area is 263 Å². The lowest BCUT2D eigenvalue weighted by atomic mass is 9.92. The number of benzene rings is 2. The smallest absolute Gasteiger partial charge is 0.379 e. The first-order chi connectivity index (χ1) is 22.0. The van der Waals surface area contributed by atoms with E-state index in [1.807, 2.05) is 0 Å². The average Bonchev–Trinajstić information content (AvgIpc) is 3.87. The van der Waals surface area contributed by atoms with Crippen LogP contribution in [0.3, 0.4) is 0 Å². The van der Waals surface area contributed by atoms with E-state index >= 15 is 0 Å². The fourth-order valence-corrected chi connectivity index (χ4v) is 5.39. The Bertz CT molecular complexity index is 1620. The van der Waals surface area contributed by atoms with Gasteiger partial charge >= 0.3 is 12.2 Å². The summed E-state index contributed by atoms with van der Waals surface area (Å²) in [5.74, 6) is 0.249. The van der Waals surface area contributed by atoms with Crippen molar-refractivity contribution in [1.82, 2.24) is 15.2 Å². The van der Waals surface area contributed by atoms with E-state index in [2.05, 4.69) is 26.2 Å². The lowest BCUT2D eigenvalue weighted by molar-refractivity contribution is -0.137. The number of pyridine rings is 1. The van der Waals surface area contributed by atoms with Crippen molar-refractivity contribution in [2.45, 2.75) is 24.4 Å². The SMILES string of the molecule is CNc1nc(C2(C(=O)NCCN3CCOCC3)CC2)cc(-c2ccc(NC(=O)Nc3cccc(C(F)(F)F)c3)cc2)c1C(=N)C=N. The molecule has 11 nitrogen and oxygen atoms in total. The number of urea groups is 1. The highest BCUT2D eigenvalue weighted by molar-refractivity contribution is 6.38. The van der Waals surface area contributed by atoms with E-state index in [-0.39, 0.29) is 17.3 Å². The number of nitrogens with zero attached hydrogens (tertiary/aromatic N) is 2. The van der Waals surface area contributed by atoms with Gasteiger partial charge in [0.1, 0.15) is 5.82 Å². The Morgan fingerprint density at radius 3 is 2.37 bits per heavy atom. The number of ether oxygens (including phenoxy) is 1. The van der Waals surface area contributed by atoms with Crippen LogP contribution in [-0.4, -0.2) is 80.2 Å². The van der Waals surface area contributed by atoms with Crippen LogP contribution in [0.15, 0.2) is 54.6 Å². The van der Waals surface area contributed by atoms with Crippen LogP contribution >= 0.6 is 0 Å². The van der Waals surface area contributed by atoms with Gasteiger partial charge in [-0.15, -0.1) is 0 Å². The van der Waals surface area contributed by atoms with Crippen molar-refractivity contribution in [2.75, 3.05) is 62.4 Å². The standard InChI is InChI=1S/C32H35F3N8O3/c1-38-28-27(25(37)19-36)24(18-26(42-28)31(9-10-31)29(44)39-11-12-43-13-15-46-16-14-43)20-5-7-22(8-6-20)40-30(45)41-23-4-2-3-21(17-23)32(33,34)35/h2-8,17-19,36-37H,9-16H2,1H3,(H,38,42)(H,39,44)(H2,40,41,45). The molecule has 1 saturated carbocycles. The van der Waals surface area contributed by atoms with Crippen LogP contribution in [0.4, 0.5) is 35.2 Å². The van der Waals surface area contributed by atoms with Crippen LogP contribution in [0, 0.1) is 10.8 Å². The summed E-state index contributed by atoms with van der Waals surface area (Å²) in [6, 6.07) is 12.0. The highest BCUT2D eigenvalue weighted by Crippen LogP contribution is 2.49. The number of nitrogens with one attached hydrogen (secondary N) is 6.